The predicted molar refractivity (Wildman–Crippen MR) is 60.4 cm³/mol. The Bertz CT molecular complexity index is 357. The van der Waals surface area contributed by atoms with Crippen molar-refractivity contribution < 1.29 is 9.94 Å². The molecule has 0 amide bonds. The van der Waals surface area contributed by atoms with Gasteiger partial charge in [-0.2, -0.15) is 0 Å². The highest BCUT2D eigenvalue weighted by Gasteiger charge is 2.03. The number of hydroxylamine groups is 1. The summed E-state index contributed by atoms with van der Waals surface area (Å²) in [6.07, 6.45) is 0. The lowest BCUT2D eigenvalue weighted by Gasteiger charge is -2.08. The molecule has 1 aromatic carbocycles. The molecule has 1 rings (SSSR count). The van der Waals surface area contributed by atoms with E-state index in [9.17, 15) is 0 Å². The van der Waals surface area contributed by atoms with Crippen LogP contribution in [-0.4, -0.2) is 24.2 Å². The first kappa shape index (κ1) is 12.0. The Hall–Kier alpha value is -1.11. The first-order chi connectivity index (χ1) is 7.15. The van der Waals surface area contributed by atoms with Gasteiger partial charge in [0.2, 0.25) is 0 Å². The van der Waals surface area contributed by atoms with Gasteiger partial charge < -0.3 is 15.7 Å². The van der Waals surface area contributed by atoms with Crippen molar-refractivity contribution in [2.45, 2.75) is 0 Å². The molecule has 82 valence electrons. The topological polar surface area (TPSA) is 91.4 Å². The second-order valence-corrected chi connectivity index (χ2v) is 3.67. The molecule has 1 aromatic rings. The molecule has 0 aromatic heterocycles. The van der Waals surface area contributed by atoms with Gasteiger partial charge in [-0.1, -0.05) is 0 Å². The van der Waals surface area contributed by atoms with Gasteiger partial charge in [0, 0.05) is 5.56 Å². The van der Waals surface area contributed by atoms with Crippen LogP contribution in [-0.2, 0) is 0 Å². The Morgan fingerprint density at radius 3 is 2.87 bits per heavy atom. The maximum absolute atomic E-state index is 8.34. The van der Waals surface area contributed by atoms with Crippen LogP contribution in [0.1, 0.15) is 5.56 Å². The smallest absolute Gasteiger partial charge is 0.133 e. The molecule has 5 nitrogen and oxygen atoms in total. The lowest BCUT2D eigenvalue weighted by atomic mass is 10.2. The number of rotatable bonds is 5. The van der Waals surface area contributed by atoms with Crippen LogP contribution in [0.5, 0.6) is 5.75 Å². The molecule has 15 heavy (non-hydrogen) atoms. The second-order valence-electron chi connectivity index (χ2n) is 2.82. The van der Waals surface area contributed by atoms with E-state index in [-0.39, 0.29) is 5.84 Å². The molecule has 0 aliphatic heterocycles. The fourth-order valence-electron chi connectivity index (χ4n) is 0.992. The molecule has 0 saturated heterocycles. The molecule has 0 spiro atoms. The molecule has 0 radical (unpaired) electrons. The van der Waals surface area contributed by atoms with Crippen LogP contribution in [0.4, 0.5) is 0 Å². The summed E-state index contributed by atoms with van der Waals surface area (Å²) in [6, 6.07) is 5.14. The van der Waals surface area contributed by atoms with Crippen LogP contribution in [0.2, 0.25) is 0 Å². The molecule has 5 N–H and O–H groups in total. The van der Waals surface area contributed by atoms with Gasteiger partial charge in [-0.05, 0) is 34.1 Å². The summed E-state index contributed by atoms with van der Waals surface area (Å²) >= 11 is 3.31. The fraction of sp³-hybridized carbons (Fsp3) is 0.222. The number of nitrogens with one attached hydrogen (secondary N) is 2. The van der Waals surface area contributed by atoms with Crippen LogP contribution < -0.4 is 16.0 Å². The van der Waals surface area contributed by atoms with Crippen molar-refractivity contribution in [2.75, 3.05) is 13.2 Å². The number of ether oxygens (including phenoxy) is 1. The van der Waals surface area contributed by atoms with E-state index in [2.05, 4.69) is 15.9 Å². The maximum Gasteiger partial charge on any atom is 0.133 e. The van der Waals surface area contributed by atoms with E-state index in [1.807, 2.05) is 5.48 Å². The molecular weight excluding hydrogens is 262 g/mol. The predicted octanol–water partition coefficient (Wildman–Crippen LogP) is 1.09. The van der Waals surface area contributed by atoms with Crippen molar-refractivity contribution in [3.05, 3.63) is 28.2 Å². The minimum atomic E-state index is 0.0132. The zero-order chi connectivity index (χ0) is 11.3. The first-order valence-electron chi connectivity index (χ1n) is 4.29. The SMILES string of the molecule is N=C(N)c1ccc(OCCNO)c(Br)c1. The Morgan fingerprint density at radius 2 is 2.33 bits per heavy atom. The highest BCUT2D eigenvalue weighted by molar-refractivity contribution is 9.10. The Balaban J connectivity index is 2.70. The summed E-state index contributed by atoms with van der Waals surface area (Å²) in [5, 5.41) is 15.6. The number of nitrogen functional groups attached to an aromatic ring is 1. The maximum atomic E-state index is 8.34. The number of nitrogens with two attached hydrogens (primary N) is 1. The standard InChI is InChI=1S/C9H12BrN3O2/c10-7-5-6(9(11)12)1-2-8(7)15-4-3-13-14/h1-2,5,13-14H,3-4H2,(H3,11,12). The third-order valence-corrected chi connectivity index (χ3v) is 2.33. The summed E-state index contributed by atoms with van der Waals surface area (Å²) in [5.74, 6) is 0.662. The van der Waals surface area contributed by atoms with Gasteiger partial charge in [0.05, 0.1) is 11.0 Å². The van der Waals surface area contributed by atoms with Crippen molar-refractivity contribution in [1.82, 2.24) is 5.48 Å². The van der Waals surface area contributed by atoms with Gasteiger partial charge in [0.1, 0.15) is 18.2 Å². The Labute approximate surface area is 95.8 Å². The zero-order valence-electron chi connectivity index (χ0n) is 7.96. The van der Waals surface area contributed by atoms with Gasteiger partial charge in [-0.3, -0.25) is 5.41 Å². The lowest BCUT2D eigenvalue weighted by Crippen LogP contribution is -2.17. The summed E-state index contributed by atoms with van der Waals surface area (Å²) in [6.45, 7) is 0.704. The van der Waals surface area contributed by atoms with Crippen LogP contribution in [0.15, 0.2) is 22.7 Å². The molecule has 0 bridgehead atoms. The second kappa shape index (κ2) is 5.69. The quantitative estimate of drug-likeness (QED) is 0.280. The van der Waals surface area contributed by atoms with Crippen molar-refractivity contribution >= 4 is 21.8 Å². The Morgan fingerprint density at radius 1 is 1.60 bits per heavy atom. The van der Waals surface area contributed by atoms with E-state index in [4.69, 9.17) is 21.1 Å². The molecule has 0 aliphatic rings. The highest BCUT2D eigenvalue weighted by Crippen LogP contribution is 2.25. The third kappa shape index (κ3) is 3.50. The monoisotopic (exact) mass is 273 g/mol. The van der Waals surface area contributed by atoms with E-state index < -0.39 is 0 Å². The molecule has 0 unspecified atom stereocenters. The van der Waals surface area contributed by atoms with Crippen molar-refractivity contribution in [2.24, 2.45) is 5.73 Å². The summed E-state index contributed by atoms with van der Waals surface area (Å²) < 4.78 is 6.06. The number of hydrogen-bond donors (Lipinski definition) is 4. The summed E-state index contributed by atoms with van der Waals surface area (Å²) in [7, 11) is 0. The molecule has 0 heterocycles. The van der Waals surface area contributed by atoms with Crippen LogP contribution in [0.25, 0.3) is 0 Å². The number of benzene rings is 1. The van der Waals surface area contributed by atoms with E-state index in [1.165, 1.54) is 0 Å². The fourth-order valence-corrected chi connectivity index (χ4v) is 1.49. The van der Waals surface area contributed by atoms with Gasteiger partial charge >= 0.3 is 0 Å². The van der Waals surface area contributed by atoms with Gasteiger partial charge in [-0.15, -0.1) is 0 Å². The molecule has 0 saturated carbocycles. The normalized spacial score (nSPS) is 10.0. The van der Waals surface area contributed by atoms with Crippen molar-refractivity contribution in [3.63, 3.8) is 0 Å². The summed E-state index contributed by atoms with van der Waals surface area (Å²) in [4.78, 5) is 0. The summed E-state index contributed by atoms with van der Waals surface area (Å²) in [5.41, 5.74) is 7.96. The van der Waals surface area contributed by atoms with E-state index >= 15 is 0 Å². The van der Waals surface area contributed by atoms with Crippen molar-refractivity contribution in [1.29, 1.82) is 5.41 Å². The van der Waals surface area contributed by atoms with Crippen LogP contribution in [0.3, 0.4) is 0 Å². The number of halogens is 1. The average molecular weight is 274 g/mol. The first-order valence-corrected chi connectivity index (χ1v) is 5.08. The minimum absolute atomic E-state index is 0.0132. The van der Waals surface area contributed by atoms with E-state index in [0.717, 1.165) is 4.47 Å². The third-order valence-electron chi connectivity index (χ3n) is 1.71. The molecular formula is C9H12BrN3O2. The minimum Gasteiger partial charge on any atom is -0.491 e. The number of hydrogen-bond acceptors (Lipinski definition) is 4. The highest BCUT2D eigenvalue weighted by atomic mass is 79.9. The van der Waals surface area contributed by atoms with E-state index in [1.54, 1.807) is 18.2 Å². The molecule has 0 aliphatic carbocycles. The van der Waals surface area contributed by atoms with Crippen LogP contribution in [0, 0.1) is 5.41 Å². The van der Waals surface area contributed by atoms with Crippen molar-refractivity contribution in [3.8, 4) is 5.75 Å². The Kier molecular flexibility index (Phi) is 4.54. The molecule has 6 heteroatoms. The van der Waals surface area contributed by atoms with Gasteiger partial charge in [0.25, 0.3) is 0 Å². The lowest BCUT2D eigenvalue weighted by molar-refractivity contribution is 0.145. The molecule has 0 atom stereocenters. The number of amidine groups is 1. The van der Waals surface area contributed by atoms with Gasteiger partial charge in [0.15, 0.2) is 0 Å². The van der Waals surface area contributed by atoms with E-state index in [0.29, 0.717) is 24.5 Å². The largest absolute Gasteiger partial charge is 0.491 e. The zero-order valence-corrected chi connectivity index (χ0v) is 9.54. The van der Waals surface area contributed by atoms with Gasteiger partial charge in [-0.25, -0.2) is 5.48 Å². The molecule has 0 fully saturated rings. The average Bonchev–Trinajstić information content (AvgIpc) is 2.20. The van der Waals surface area contributed by atoms with Crippen LogP contribution >= 0.6 is 15.9 Å².